The Kier molecular flexibility index (Phi) is 5.72. The molecule has 0 heterocycles. The summed E-state index contributed by atoms with van der Waals surface area (Å²) in [6.45, 7) is 2.49. The molecule has 0 radical (unpaired) electrons. The molecule has 0 spiro atoms. The highest BCUT2D eigenvalue weighted by Gasteiger charge is 2.14. The molecule has 1 N–H and O–H groups in total. The summed E-state index contributed by atoms with van der Waals surface area (Å²) < 4.78 is 0. The first-order chi connectivity index (χ1) is 10.7. The highest BCUT2D eigenvalue weighted by molar-refractivity contribution is 5.96. The van der Waals surface area contributed by atoms with Crippen LogP contribution < -0.4 is 10.2 Å². The van der Waals surface area contributed by atoms with Gasteiger partial charge in [0.15, 0.2) is 0 Å². The molecule has 114 valence electrons. The lowest BCUT2D eigenvalue weighted by atomic mass is 10.1. The molecule has 0 atom stereocenters. The van der Waals surface area contributed by atoms with Crippen LogP contribution in [0, 0.1) is 0 Å². The molecule has 2 aromatic carbocycles. The minimum Gasteiger partial charge on any atom is -0.347 e. The van der Waals surface area contributed by atoms with E-state index in [1.807, 2.05) is 67.6 Å². The number of carbonyl (C=O) groups is 2. The Hall–Kier alpha value is -2.62. The van der Waals surface area contributed by atoms with Crippen LogP contribution in [0.2, 0.25) is 0 Å². The van der Waals surface area contributed by atoms with Gasteiger partial charge in [-0.25, -0.2) is 0 Å². The van der Waals surface area contributed by atoms with Crippen molar-refractivity contribution in [1.29, 1.82) is 0 Å². The molecule has 2 rings (SSSR count). The summed E-state index contributed by atoms with van der Waals surface area (Å²) in [5.74, 6) is -0.265. The van der Waals surface area contributed by atoms with Gasteiger partial charge in [-0.05, 0) is 24.6 Å². The summed E-state index contributed by atoms with van der Waals surface area (Å²) >= 11 is 0. The van der Waals surface area contributed by atoms with E-state index >= 15 is 0 Å². The number of nitrogens with zero attached hydrogens (tertiary/aromatic N) is 1. The van der Waals surface area contributed by atoms with Gasteiger partial charge in [-0.2, -0.15) is 0 Å². The van der Waals surface area contributed by atoms with E-state index in [-0.39, 0.29) is 24.8 Å². The molecule has 0 aromatic heterocycles. The van der Waals surface area contributed by atoms with Crippen LogP contribution >= 0.6 is 0 Å². The third kappa shape index (κ3) is 4.45. The third-order valence-corrected chi connectivity index (χ3v) is 3.33. The number of amides is 2. The molecule has 0 saturated heterocycles. The predicted octanol–water partition coefficient (Wildman–Crippen LogP) is 2.40. The van der Waals surface area contributed by atoms with Crippen LogP contribution in [0.4, 0.5) is 5.69 Å². The zero-order valence-corrected chi connectivity index (χ0v) is 12.7. The normalized spacial score (nSPS) is 10.0. The predicted molar refractivity (Wildman–Crippen MR) is 87.6 cm³/mol. The van der Waals surface area contributed by atoms with Crippen molar-refractivity contribution in [2.75, 3.05) is 18.0 Å². The number of benzene rings is 2. The zero-order valence-electron chi connectivity index (χ0n) is 12.7. The second-order valence-electron chi connectivity index (χ2n) is 4.91. The lowest BCUT2D eigenvalue weighted by molar-refractivity contribution is -0.124. The maximum Gasteiger partial charge on any atom is 0.246 e. The van der Waals surface area contributed by atoms with Crippen LogP contribution in [-0.2, 0) is 16.0 Å². The van der Waals surface area contributed by atoms with Gasteiger partial charge in [0.05, 0.1) is 13.0 Å². The Bertz CT molecular complexity index is 611. The van der Waals surface area contributed by atoms with E-state index in [4.69, 9.17) is 0 Å². The zero-order chi connectivity index (χ0) is 15.8. The van der Waals surface area contributed by atoms with Crippen LogP contribution in [0.1, 0.15) is 12.5 Å². The van der Waals surface area contributed by atoms with E-state index in [9.17, 15) is 9.59 Å². The van der Waals surface area contributed by atoms with Crippen molar-refractivity contribution in [3.05, 3.63) is 66.2 Å². The highest BCUT2D eigenvalue weighted by Crippen LogP contribution is 2.12. The summed E-state index contributed by atoms with van der Waals surface area (Å²) in [7, 11) is 0. The molecular formula is C18H20N2O2. The monoisotopic (exact) mass is 296 g/mol. The molecule has 0 bridgehead atoms. The molecule has 4 nitrogen and oxygen atoms in total. The number of hydrogen-bond acceptors (Lipinski definition) is 2. The second-order valence-corrected chi connectivity index (χ2v) is 4.91. The van der Waals surface area contributed by atoms with Crippen molar-refractivity contribution in [3.8, 4) is 0 Å². The largest absolute Gasteiger partial charge is 0.347 e. The molecule has 0 aliphatic carbocycles. The lowest BCUT2D eigenvalue weighted by Gasteiger charge is -2.21. The molecule has 0 unspecified atom stereocenters. The third-order valence-electron chi connectivity index (χ3n) is 3.33. The summed E-state index contributed by atoms with van der Waals surface area (Å²) in [5.41, 5.74) is 1.77. The van der Waals surface area contributed by atoms with Crippen LogP contribution in [0.5, 0.6) is 0 Å². The van der Waals surface area contributed by atoms with Crippen molar-refractivity contribution >= 4 is 17.5 Å². The van der Waals surface area contributed by atoms with E-state index in [0.717, 1.165) is 11.3 Å². The van der Waals surface area contributed by atoms with Crippen molar-refractivity contribution in [2.45, 2.75) is 13.3 Å². The maximum atomic E-state index is 12.2. The van der Waals surface area contributed by atoms with E-state index in [2.05, 4.69) is 5.32 Å². The molecule has 0 saturated carbocycles. The number of hydrogen-bond donors (Lipinski definition) is 1. The average Bonchev–Trinajstić information content (AvgIpc) is 2.55. The average molecular weight is 296 g/mol. The van der Waals surface area contributed by atoms with E-state index in [1.54, 1.807) is 4.90 Å². The minimum absolute atomic E-state index is 0.00833. The Labute approximate surface area is 130 Å². The maximum absolute atomic E-state index is 12.2. The summed E-state index contributed by atoms with van der Waals surface area (Å²) in [4.78, 5) is 25.8. The van der Waals surface area contributed by atoms with Crippen LogP contribution in [-0.4, -0.2) is 24.9 Å². The molecule has 22 heavy (non-hydrogen) atoms. The second kappa shape index (κ2) is 7.98. The van der Waals surface area contributed by atoms with Crippen molar-refractivity contribution < 1.29 is 9.59 Å². The molecule has 4 heteroatoms. The fraction of sp³-hybridized carbons (Fsp3) is 0.222. The first kappa shape index (κ1) is 15.8. The lowest BCUT2D eigenvalue weighted by Crippen LogP contribution is -2.40. The molecule has 2 aromatic rings. The van der Waals surface area contributed by atoms with Crippen LogP contribution in [0.15, 0.2) is 60.7 Å². The SMILES string of the molecule is CCN(C(=O)CNC(=O)Cc1ccccc1)c1ccccc1. The Morgan fingerprint density at radius 3 is 2.14 bits per heavy atom. The van der Waals surface area contributed by atoms with Gasteiger partial charge in [-0.15, -0.1) is 0 Å². The number of carbonyl (C=O) groups excluding carboxylic acids is 2. The number of rotatable bonds is 6. The van der Waals surface area contributed by atoms with Gasteiger partial charge in [0, 0.05) is 12.2 Å². The Balaban J connectivity index is 1.87. The van der Waals surface area contributed by atoms with Gasteiger partial charge >= 0.3 is 0 Å². The number of para-hydroxylation sites is 1. The van der Waals surface area contributed by atoms with E-state index in [0.29, 0.717) is 6.54 Å². The first-order valence-corrected chi connectivity index (χ1v) is 7.36. The highest BCUT2D eigenvalue weighted by atomic mass is 16.2. The molecular weight excluding hydrogens is 276 g/mol. The fourth-order valence-electron chi connectivity index (χ4n) is 2.22. The van der Waals surface area contributed by atoms with Gasteiger partial charge in [-0.3, -0.25) is 9.59 Å². The smallest absolute Gasteiger partial charge is 0.246 e. The quantitative estimate of drug-likeness (QED) is 0.890. The fourth-order valence-corrected chi connectivity index (χ4v) is 2.22. The van der Waals surface area contributed by atoms with Crippen LogP contribution in [0.25, 0.3) is 0 Å². The number of nitrogens with one attached hydrogen (secondary N) is 1. The van der Waals surface area contributed by atoms with Crippen molar-refractivity contribution in [1.82, 2.24) is 5.32 Å². The summed E-state index contributed by atoms with van der Waals surface area (Å²) in [6, 6.07) is 18.9. The van der Waals surface area contributed by atoms with Gasteiger partial charge in [-0.1, -0.05) is 48.5 Å². The molecule has 0 aliphatic heterocycles. The molecule has 0 fully saturated rings. The van der Waals surface area contributed by atoms with Crippen molar-refractivity contribution in [3.63, 3.8) is 0 Å². The Morgan fingerprint density at radius 1 is 0.955 bits per heavy atom. The molecule has 2 amide bonds. The minimum atomic E-state index is -0.149. The first-order valence-electron chi connectivity index (χ1n) is 7.36. The number of anilines is 1. The van der Waals surface area contributed by atoms with E-state index < -0.39 is 0 Å². The Morgan fingerprint density at radius 2 is 1.55 bits per heavy atom. The summed E-state index contributed by atoms with van der Waals surface area (Å²) in [6.07, 6.45) is 0.283. The van der Waals surface area contributed by atoms with Crippen molar-refractivity contribution in [2.24, 2.45) is 0 Å². The van der Waals surface area contributed by atoms with Gasteiger partial charge in [0.2, 0.25) is 11.8 Å². The van der Waals surface area contributed by atoms with Gasteiger partial charge in [0.1, 0.15) is 0 Å². The van der Waals surface area contributed by atoms with Gasteiger partial charge in [0.25, 0.3) is 0 Å². The topological polar surface area (TPSA) is 49.4 Å². The van der Waals surface area contributed by atoms with Gasteiger partial charge < -0.3 is 10.2 Å². The molecule has 0 aliphatic rings. The standard InChI is InChI=1S/C18H20N2O2/c1-2-20(16-11-7-4-8-12-16)18(22)14-19-17(21)13-15-9-5-3-6-10-15/h3-12H,2,13-14H2,1H3,(H,19,21). The number of likely N-dealkylation sites (N-methyl/N-ethyl adjacent to an activating group) is 1. The summed E-state index contributed by atoms with van der Waals surface area (Å²) in [5, 5.41) is 2.69. The van der Waals surface area contributed by atoms with E-state index in [1.165, 1.54) is 0 Å². The van der Waals surface area contributed by atoms with Crippen LogP contribution in [0.3, 0.4) is 0 Å².